The van der Waals surface area contributed by atoms with E-state index in [0.717, 1.165) is 37.2 Å². The van der Waals surface area contributed by atoms with Gasteiger partial charge in [-0.05, 0) is 31.2 Å². The third kappa shape index (κ3) is 1.29. The minimum absolute atomic E-state index is 0.00574. The maximum atomic E-state index is 12.6. The molecule has 4 heteroatoms. The number of ketones is 2. The molecule has 1 atom stereocenters. The Morgan fingerprint density at radius 2 is 1.95 bits per heavy atom. The highest BCUT2D eigenvalue weighted by Gasteiger charge is 2.41. The van der Waals surface area contributed by atoms with Gasteiger partial charge in [-0.2, -0.15) is 0 Å². The van der Waals surface area contributed by atoms with E-state index in [2.05, 4.69) is 11.9 Å². The average molecular weight is 256 g/mol. The summed E-state index contributed by atoms with van der Waals surface area (Å²) in [6.45, 7) is 5.71. The van der Waals surface area contributed by atoms with Crippen molar-refractivity contribution < 1.29 is 9.59 Å². The van der Waals surface area contributed by atoms with Gasteiger partial charge in [0.25, 0.3) is 0 Å². The molecule has 1 aromatic heterocycles. The Morgan fingerprint density at radius 3 is 2.63 bits per heavy atom. The number of fused-ring (bicyclic) bond motifs is 3. The fourth-order valence-corrected chi connectivity index (χ4v) is 3.40. The molecule has 2 heterocycles. The van der Waals surface area contributed by atoms with Gasteiger partial charge in [0.1, 0.15) is 5.69 Å². The molecule has 1 aliphatic heterocycles. The third-order valence-corrected chi connectivity index (χ3v) is 4.59. The number of carbonyl (C=O) groups is 2. The van der Waals surface area contributed by atoms with Crippen LogP contribution in [0.15, 0.2) is 11.3 Å². The molecule has 1 fully saturated rings. The molecule has 4 rings (SSSR count). The van der Waals surface area contributed by atoms with Gasteiger partial charge in [-0.15, -0.1) is 0 Å². The van der Waals surface area contributed by atoms with E-state index < -0.39 is 0 Å². The number of aromatic nitrogens is 1. The van der Waals surface area contributed by atoms with Crippen LogP contribution in [0.5, 0.6) is 0 Å². The first-order chi connectivity index (χ1) is 9.09. The minimum Gasteiger partial charge on any atom is -0.364 e. The lowest BCUT2D eigenvalue weighted by molar-refractivity contribution is 0.0957. The van der Waals surface area contributed by atoms with Gasteiger partial charge in [0.15, 0.2) is 5.78 Å². The summed E-state index contributed by atoms with van der Waals surface area (Å²) < 4.78 is 0. The maximum absolute atomic E-state index is 12.6. The van der Waals surface area contributed by atoms with Crippen molar-refractivity contribution in [3.05, 3.63) is 33.8 Å². The zero-order valence-corrected chi connectivity index (χ0v) is 11.2. The molecule has 0 amide bonds. The van der Waals surface area contributed by atoms with E-state index in [0.29, 0.717) is 28.4 Å². The lowest BCUT2D eigenvalue weighted by atomic mass is 9.90. The second kappa shape index (κ2) is 3.38. The maximum Gasteiger partial charge on any atom is 0.226 e. The first-order valence-electron chi connectivity index (χ1n) is 6.89. The molecular weight excluding hydrogens is 240 g/mol. The van der Waals surface area contributed by atoms with Gasteiger partial charge < -0.3 is 9.88 Å². The second-order valence-corrected chi connectivity index (χ2v) is 5.83. The van der Waals surface area contributed by atoms with Gasteiger partial charge in [-0.1, -0.05) is 6.92 Å². The van der Waals surface area contributed by atoms with Gasteiger partial charge in [0, 0.05) is 24.4 Å². The van der Waals surface area contributed by atoms with Crippen molar-refractivity contribution in [2.24, 2.45) is 0 Å². The van der Waals surface area contributed by atoms with E-state index in [1.807, 2.05) is 4.90 Å². The van der Waals surface area contributed by atoms with Crippen LogP contribution in [0.3, 0.4) is 0 Å². The summed E-state index contributed by atoms with van der Waals surface area (Å²) in [6, 6.07) is 0. The summed E-state index contributed by atoms with van der Waals surface area (Å²) in [6.07, 6.45) is 1.98. The van der Waals surface area contributed by atoms with E-state index in [9.17, 15) is 9.59 Å². The molecule has 1 unspecified atom stereocenters. The highest BCUT2D eigenvalue weighted by molar-refractivity contribution is 6.26. The smallest absolute Gasteiger partial charge is 0.226 e. The highest BCUT2D eigenvalue weighted by atomic mass is 16.1. The summed E-state index contributed by atoms with van der Waals surface area (Å²) in [5, 5.41) is 0. The SMILES string of the molecule is CC1=C(N2CC2)C(=O)c2[nH]c3c(c2C1=O)CCC3C. The predicted molar refractivity (Wildman–Crippen MR) is 70.5 cm³/mol. The molecule has 4 nitrogen and oxygen atoms in total. The number of H-pyrrole nitrogens is 1. The molecule has 0 spiro atoms. The molecule has 0 bridgehead atoms. The molecule has 19 heavy (non-hydrogen) atoms. The van der Waals surface area contributed by atoms with Crippen molar-refractivity contribution >= 4 is 11.6 Å². The van der Waals surface area contributed by atoms with E-state index in [1.54, 1.807) is 6.92 Å². The van der Waals surface area contributed by atoms with Gasteiger partial charge in [-0.3, -0.25) is 9.59 Å². The second-order valence-electron chi connectivity index (χ2n) is 5.83. The molecule has 1 aromatic rings. The zero-order chi connectivity index (χ0) is 13.3. The number of nitrogens with zero attached hydrogens (tertiary/aromatic N) is 1. The van der Waals surface area contributed by atoms with Crippen molar-refractivity contribution in [1.29, 1.82) is 0 Å². The Balaban J connectivity index is 1.93. The Kier molecular flexibility index (Phi) is 1.96. The van der Waals surface area contributed by atoms with E-state index in [4.69, 9.17) is 0 Å². The van der Waals surface area contributed by atoms with Crippen molar-refractivity contribution in [2.45, 2.75) is 32.6 Å². The molecule has 1 N–H and O–H groups in total. The van der Waals surface area contributed by atoms with Crippen LogP contribution in [0.1, 0.15) is 58.3 Å². The Labute approximate surface area is 111 Å². The Morgan fingerprint density at radius 1 is 1.21 bits per heavy atom. The molecule has 3 aliphatic rings. The highest BCUT2D eigenvalue weighted by Crippen LogP contribution is 2.40. The number of aromatic amines is 1. The third-order valence-electron chi connectivity index (χ3n) is 4.59. The van der Waals surface area contributed by atoms with Gasteiger partial charge in [-0.25, -0.2) is 0 Å². The fourth-order valence-electron chi connectivity index (χ4n) is 3.40. The fraction of sp³-hybridized carbons (Fsp3) is 0.467. The summed E-state index contributed by atoms with van der Waals surface area (Å²) in [5.74, 6) is 0.473. The first-order valence-corrected chi connectivity index (χ1v) is 6.89. The van der Waals surface area contributed by atoms with E-state index in [1.165, 1.54) is 0 Å². The first kappa shape index (κ1) is 11.0. The summed E-state index contributed by atoms with van der Waals surface area (Å²) in [5.41, 5.74) is 4.62. The number of Topliss-reactive ketones (excluding diaryl/α,β-unsaturated/α-hetero) is 2. The zero-order valence-electron chi connectivity index (χ0n) is 11.2. The number of nitrogens with one attached hydrogen (secondary N) is 1. The molecular formula is C15H16N2O2. The summed E-state index contributed by atoms with van der Waals surface area (Å²) in [4.78, 5) is 30.4. The van der Waals surface area contributed by atoms with Gasteiger partial charge in [0.05, 0.1) is 11.3 Å². The van der Waals surface area contributed by atoms with Crippen LogP contribution in [0.4, 0.5) is 0 Å². The summed E-state index contributed by atoms with van der Waals surface area (Å²) in [7, 11) is 0. The predicted octanol–water partition coefficient (Wildman–Crippen LogP) is 2.03. The van der Waals surface area contributed by atoms with Crippen molar-refractivity contribution in [2.75, 3.05) is 13.1 Å². The molecule has 0 saturated carbocycles. The largest absolute Gasteiger partial charge is 0.364 e. The van der Waals surface area contributed by atoms with Crippen LogP contribution < -0.4 is 0 Å². The number of hydrogen-bond acceptors (Lipinski definition) is 3. The lowest BCUT2D eigenvalue weighted by Crippen LogP contribution is -2.25. The number of allylic oxidation sites excluding steroid dienone is 2. The summed E-state index contributed by atoms with van der Waals surface area (Å²) >= 11 is 0. The Bertz CT molecular complexity index is 662. The van der Waals surface area contributed by atoms with Crippen LogP contribution in [-0.4, -0.2) is 34.5 Å². The number of rotatable bonds is 1. The monoisotopic (exact) mass is 256 g/mol. The standard InChI is InChI=1S/C15H16N2O2/c1-7-3-4-9-10-12(16-11(7)9)15(19)13(17-5-6-17)8(2)14(10)18/h7,16H,3-6H2,1-2H3. The van der Waals surface area contributed by atoms with Gasteiger partial charge >= 0.3 is 0 Å². The normalized spacial score (nSPS) is 24.9. The quantitative estimate of drug-likeness (QED) is 0.782. The average Bonchev–Trinajstić information content (AvgIpc) is 3.03. The molecule has 0 aromatic carbocycles. The topological polar surface area (TPSA) is 52.9 Å². The van der Waals surface area contributed by atoms with E-state index >= 15 is 0 Å². The molecule has 2 aliphatic carbocycles. The molecule has 0 radical (unpaired) electrons. The van der Waals surface area contributed by atoms with E-state index in [-0.39, 0.29) is 11.6 Å². The number of hydrogen-bond donors (Lipinski definition) is 1. The van der Waals surface area contributed by atoms with Gasteiger partial charge in [0.2, 0.25) is 5.78 Å². The van der Waals surface area contributed by atoms with Crippen LogP contribution in [0, 0.1) is 0 Å². The minimum atomic E-state index is 0.00574. The van der Waals surface area contributed by atoms with Crippen molar-refractivity contribution in [3.8, 4) is 0 Å². The molecule has 1 saturated heterocycles. The molecule has 98 valence electrons. The van der Waals surface area contributed by atoms with Crippen LogP contribution in [0.25, 0.3) is 0 Å². The lowest BCUT2D eigenvalue weighted by Gasteiger charge is -2.18. The van der Waals surface area contributed by atoms with Crippen LogP contribution in [0.2, 0.25) is 0 Å². The van der Waals surface area contributed by atoms with Crippen molar-refractivity contribution in [3.63, 3.8) is 0 Å². The number of carbonyl (C=O) groups excluding carboxylic acids is 2. The van der Waals surface area contributed by atoms with Crippen LogP contribution >= 0.6 is 0 Å². The van der Waals surface area contributed by atoms with Crippen LogP contribution in [-0.2, 0) is 6.42 Å². The van der Waals surface area contributed by atoms with Crippen molar-refractivity contribution in [1.82, 2.24) is 9.88 Å². The Hall–Kier alpha value is -1.84.